The van der Waals surface area contributed by atoms with Crippen LogP contribution in [0.3, 0.4) is 0 Å². The largest absolute Gasteiger partial charge is 0.326 e. The number of nitrogens with one attached hydrogen (secondary N) is 2. The van der Waals surface area contributed by atoms with E-state index in [1.165, 1.54) is 25.7 Å². The number of carbonyl (C=O) groups is 1. The highest BCUT2D eigenvalue weighted by Gasteiger charge is 2.14. The Hall–Kier alpha value is -0.870. The second kappa shape index (κ2) is 7.06. The lowest BCUT2D eigenvalue weighted by atomic mass is 10.2. The van der Waals surface area contributed by atoms with E-state index in [0.717, 1.165) is 22.3 Å². The number of hydrogen-bond donors (Lipinski definition) is 2. The van der Waals surface area contributed by atoms with Crippen LogP contribution >= 0.6 is 15.9 Å². The van der Waals surface area contributed by atoms with E-state index in [4.69, 9.17) is 0 Å². The number of amides is 1. The molecule has 1 saturated carbocycles. The molecular weight excluding hydrogens is 304 g/mol. The Balaban J connectivity index is 1.72. The molecular formula is C15H21BrN2O. The molecule has 1 aliphatic rings. The molecule has 4 heteroatoms. The number of hydrogen-bond acceptors (Lipinski definition) is 2. The molecule has 1 aromatic rings. The maximum atomic E-state index is 11.8. The zero-order valence-electron chi connectivity index (χ0n) is 11.3. The lowest BCUT2D eigenvalue weighted by Gasteiger charge is -2.11. The van der Waals surface area contributed by atoms with Crippen molar-refractivity contribution in [3.05, 3.63) is 28.2 Å². The number of benzene rings is 1. The lowest BCUT2D eigenvalue weighted by molar-refractivity contribution is -0.116. The van der Waals surface area contributed by atoms with E-state index in [1.54, 1.807) is 0 Å². The van der Waals surface area contributed by atoms with Crippen LogP contribution in [0, 0.1) is 6.92 Å². The van der Waals surface area contributed by atoms with Crippen molar-refractivity contribution in [3.63, 3.8) is 0 Å². The summed E-state index contributed by atoms with van der Waals surface area (Å²) in [6.07, 6.45) is 5.69. The van der Waals surface area contributed by atoms with Crippen molar-refractivity contribution in [3.8, 4) is 0 Å². The van der Waals surface area contributed by atoms with E-state index in [1.807, 2.05) is 25.1 Å². The third-order valence-corrected chi connectivity index (χ3v) is 4.47. The Morgan fingerprint density at radius 3 is 2.79 bits per heavy atom. The zero-order chi connectivity index (χ0) is 13.7. The minimum absolute atomic E-state index is 0.0761. The summed E-state index contributed by atoms with van der Waals surface area (Å²) in [5.41, 5.74) is 1.99. The minimum atomic E-state index is 0.0761. The summed E-state index contributed by atoms with van der Waals surface area (Å²) >= 11 is 3.45. The second-order valence-electron chi connectivity index (χ2n) is 5.20. The second-order valence-corrected chi connectivity index (χ2v) is 6.05. The van der Waals surface area contributed by atoms with Crippen LogP contribution in [0.25, 0.3) is 0 Å². The fraction of sp³-hybridized carbons (Fsp3) is 0.533. The molecule has 0 heterocycles. The summed E-state index contributed by atoms with van der Waals surface area (Å²) < 4.78 is 1.06. The van der Waals surface area contributed by atoms with Crippen LogP contribution in [0.15, 0.2) is 22.7 Å². The van der Waals surface area contributed by atoms with Crippen molar-refractivity contribution in [1.82, 2.24) is 5.32 Å². The molecule has 0 bridgehead atoms. The molecule has 1 fully saturated rings. The first-order chi connectivity index (χ1) is 9.15. The number of rotatable bonds is 5. The van der Waals surface area contributed by atoms with Crippen LogP contribution in [-0.4, -0.2) is 18.5 Å². The van der Waals surface area contributed by atoms with Gasteiger partial charge in [-0.1, -0.05) is 28.8 Å². The van der Waals surface area contributed by atoms with Gasteiger partial charge in [-0.3, -0.25) is 4.79 Å². The van der Waals surface area contributed by atoms with Crippen molar-refractivity contribution in [2.45, 2.75) is 45.1 Å². The number of aryl methyl sites for hydroxylation is 1. The molecule has 0 atom stereocenters. The van der Waals surface area contributed by atoms with Crippen LogP contribution in [0.2, 0.25) is 0 Å². The topological polar surface area (TPSA) is 41.1 Å². The molecule has 0 saturated heterocycles. The molecule has 2 rings (SSSR count). The standard InChI is InChI=1S/C15H21BrN2O/c1-11-10-13(6-7-14(11)16)18-15(19)8-9-17-12-4-2-3-5-12/h6-7,10,12,17H,2-5,8-9H2,1H3,(H,18,19). The van der Waals surface area contributed by atoms with Crippen LogP contribution < -0.4 is 10.6 Å². The minimum Gasteiger partial charge on any atom is -0.326 e. The SMILES string of the molecule is Cc1cc(NC(=O)CCNC2CCCC2)ccc1Br. The highest BCUT2D eigenvalue weighted by Crippen LogP contribution is 2.20. The van der Waals surface area contributed by atoms with Gasteiger partial charge in [-0.15, -0.1) is 0 Å². The van der Waals surface area contributed by atoms with Gasteiger partial charge < -0.3 is 10.6 Å². The van der Waals surface area contributed by atoms with Crippen molar-refractivity contribution in [2.24, 2.45) is 0 Å². The first kappa shape index (κ1) is 14.5. The fourth-order valence-corrected chi connectivity index (χ4v) is 2.71. The highest BCUT2D eigenvalue weighted by atomic mass is 79.9. The molecule has 19 heavy (non-hydrogen) atoms. The monoisotopic (exact) mass is 324 g/mol. The predicted octanol–water partition coefficient (Wildman–Crippen LogP) is 3.62. The molecule has 1 aliphatic carbocycles. The van der Waals surface area contributed by atoms with Crippen LogP contribution in [0.4, 0.5) is 5.69 Å². The van der Waals surface area contributed by atoms with Crippen molar-refractivity contribution in [1.29, 1.82) is 0 Å². The number of halogens is 1. The maximum Gasteiger partial charge on any atom is 0.225 e. The molecule has 1 amide bonds. The van der Waals surface area contributed by atoms with Gasteiger partial charge in [-0.05, 0) is 43.5 Å². The van der Waals surface area contributed by atoms with Crippen molar-refractivity contribution >= 4 is 27.5 Å². The number of anilines is 1. The van der Waals surface area contributed by atoms with Gasteiger partial charge in [0.05, 0.1) is 0 Å². The summed E-state index contributed by atoms with van der Waals surface area (Å²) in [6, 6.07) is 6.48. The molecule has 2 N–H and O–H groups in total. The molecule has 0 aromatic heterocycles. The molecule has 0 aliphatic heterocycles. The van der Waals surface area contributed by atoms with Gasteiger partial charge in [0, 0.05) is 29.2 Å². The number of carbonyl (C=O) groups excluding carboxylic acids is 1. The van der Waals surface area contributed by atoms with E-state index >= 15 is 0 Å². The van der Waals surface area contributed by atoms with Gasteiger partial charge in [0.25, 0.3) is 0 Å². The van der Waals surface area contributed by atoms with Crippen molar-refractivity contribution in [2.75, 3.05) is 11.9 Å². The average molecular weight is 325 g/mol. The Labute approximate surface area is 123 Å². The van der Waals surface area contributed by atoms with E-state index in [2.05, 4.69) is 26.6 Å². The molecule has 0 spiro atoms. The third kappa shape index (κ3) is 4.62. The molecule has 0 radical (unpaired) electrons. The quantitative estimate of drug-likeness (QED) is 0.868. The maximum absolute atomic E-state index is 11.8. The lowest BCUT2D eigenvalue weighted by Crippen LogP contribution is -2.29. The van der Waals surface area contributed by atoms with Crippen LogP contribution in [-0.2, 0) is 4.79 Å². The normalized spacial score (nSPS) is 15.7. The molecule has 0 unspecified atom stereocenters. The van der Waals surface area contributed by atoms with Crippen LogP contribution in [0.1, 0.15) is 37.7 Å². The van der Waals surface area contributed by atoms with Gasteiger partial charge in [0.15, 0.2) is 0 Å². The van der Waals surface area contributed by atoms with Gasteiger partial charge in [0.2, 0.25) is 5.91 Å². The third-order valence-electron chi connectivity index (χ3n) is 3.58. The first-order valence-electron chi connectivity index (χ1n) is 6.94. The summed E-state index contributed by atoms with van der Waals surface area (Å²) in [5.74, 6) is 0.0761. The molecule has 1 aromatic carbocycles. The Bertz CT molecular complexity index is 442. The Morgan fingerprint density at radius 2 is 2.11 bits per heavy atom. The smallest absolute Gasteiger partial charge is 0.225 e. The molecule has 3 nitrogen and oxygen atoms in total. The Morgan fingerprint density at radius 1 is 1.37 bits per heavy atom. The van der Waals surface area contributed by atoms with Gasteiger partial charge in [0.1, 0.15) is 0 Å². The average Bonchev–Trinajstić information content (AvgIpc) is 2.87. The van der Waals surface area contributed by atoms with Gasteiger partial charge in [-0.25, -0.2) is 0 Å². The summed E-state index contributed by atoms with van der Waals surface area (Å²) in [5, 5.41) is 6.39. The summed E-state index contributed by atoms with van der Waals surface area (Å²) in [4.78, 5) is 11.8. The van der Waals surface area contributed by atoms with Crippen molar-refractivity contribution < 1.29 is 4.79 Å². The Kier molecular flexibility index (Phi) is 5.40. The van der Waals surface area contributed by atoms with E-state index in [-0.39, 0.29) is 5.91 Å². The van der Waals surface area contributed by atoms with Crippen LogP contribution in [0.5, 0.6) is 0 Å². The van der Waals surface area contributed by atoms with E-state index in [0.29, 0.717) is 12.5 Å². The van der Waals surface area contributed by atoms with Gasteiger partial charge in [-0.2, -0.15) is 0 Å². The summed E-state index contributed by atoms with van der Waals surface area (Å²) in [7, 11) is 0. The zero-order valence-corrected chi connectivity index (χ0v) is 12.9. The molecule has 104 valence electrons. The summed E-state index contributed by atoms with van der Waals surface area (Å²) in [6.45, 7) is 2.79. The van der Waals surface area contributed by atoms with E-state index in [9.17, 15) is 4.79 Å². The first-order valence-corrected chi connectivity index (χ1v) is 7.74. The fourth-order valence-electron chi connectivity index (χ4n) is 2.47. The van der Waals surface area contributed by atoms with E-state index < -0.39 is 0 Å². The highest BCUT2D eigenvalue weighted by molar-refractivity contribution is 9.10. The van der Waals surface area contributed by atoms with Gasteiger partial charge >= 0.3 is 0 Å². The predicted molar refractivity (Wildman–Crippen MR) is 82.4 cm³/mol.